The molecule has 1 aliphatic rings. The van der Waals surface area contributed by atoms with Crippen LogP contribution in [0.25, 0.3) is 0 Å². The van der Waals surface area contributed by atoms with Gasteiger partial charge in [0, 0.05) is 24.5 Å². The molecule has 0 spiro atoms. The van der Waals surface area contributed by atoms with Crippen molar-refractivity contribution >= 4 is 29.4 Å². The molecular weight excluding hydrogens is 306 g/mol. The predicted octanol–water partition coefficient (Wildman–Crippen LogP) is 1.33. The molecule has 6 nitrogen and oxygen atoms in total. The normalized spacial score (nSPS) is 14.1. The van der Waals surface area contributed by atoms with E-state index in [1.165, 1.54) is 0 Å². The van der Waals surface area contributed by atoms with Crippen LogP contribution in [0.4, 0.5) is 4.79 Å². The molecule has 1 aromatic carbocycles. The Labute approximate surface area is 133 Å². The summed E-state index contributed by atoms with van der Waals surface area (Å²) in [5, 5.41) is 5.93. The minimum atomic E-state index is -0.385. The lowest BCUT2D eigenvalue weighted by molar-refractivity contribution is -0.126. The van der Waals surface area contributed by atoms with Crippen LogP contribution in [0.2, 0.25) is 5.02 Å². The molecule has 1 aliphatic heterocycles. The van der Waals surface area contributed by atoms with E-state index in [2.05, 4.69) is 10.6 Å². The zero-order valence-corrected chi connectivity index (χ0v) is 12.9. The highest BCUT2D eigenvalue weighted by Crippen LogP contribution is 2.14. The second-order valence-corrected chi connectivity index (χ2v) is 5.41. The molecule has 0 radical (unpaired) electrons. The van der Waals surface area contributed by atoms with Gasteiger partial charge in [-0.1, -0.05) is 29.8 Å². The highest BCUT2D eigenvalue weighted by molar-refractivity contribution is 6.31. The number of urea groups is 1. The fraction of sp³-hybridized carbons (Fsp3) is 0.400. The number of hydrogen-bond acceptors (Lipinski definition) is 3. The fourth-order valence-electron chi connectivity index (χ4n) is 2.21. The van der Waals surface area contributed by atoms with Gasteiger partial charge in [-0.15, -0.1) is 0 Å². The summed E-state index contributed by atoms with van der Waals surface area (Å²) in [5.41, 5.74) is 0.990. The van der Waals surface area contributed by atoms with Crippen LogP contribution in [0.3, 0.4) is 0 Å². The number of imide groups is 1. The molecule has 0 aromatic heterocycles. The number of nitrogens with one attached hydrogen (secondary N) is 2. The lowest BCUT2D eigenvalue weighted by Crippen LogP contribution is -2.33. The summed E-state index contributed by atoms with van der Waals surface area (Å²) in [6.07, 6.45) is 1.40. The largest absolute Gasteiger partial charge is 0.356 e. The number of rotatable bonds is 7. The molecule has 0 unspecified atom stereocenters. The Morgan fingerprint density at radius 1 is 1.32 bits per heavy atom. The number of benzene rings is 1. The Kier molecular flexibility index (Phi) is 5.77. The van der Waals surface area contributed by atoms with Crippen molar-refractivity contribution in [2.45, 2.75) is 19.3 Å². The lowest BCUT2D eigenvalue weighted by Gasteiger charge is -2.12. The molecule has 1 saturated heterocycles. The summed E-state index contributed by atoms with van der Waals surface area (Å²) in [4.78, 5) is 35.5. The number of halogens is 1. The average Bonchev–Trinajstić information content (AvgIpc) is 2.81. The van der Waals surface area contributed by atoms with Crippen LogP contribution in [0.15, 0.2) is 24.3 Å². The lowest BCUT2D eigenvalue weighted by atomic mass is 10.1. The Bertz CT molecular complexity index is 561. The molecule has 1 fully saturated rings. The summed E-state index contributed by atoms with van der Waals surface area (Å²) < 4.78 is 0. The smallest absolute Gasteiger partial charge is 0.324 e. The van der Waals surface area contributed by atoms with E-state index in [0.29, 0.717) is 24.4 Å². The van der Waals surface area contributed by atoms with Crippen LogP contribution in [0.5, 0.6) is 0 Å². The van der Waals surface area contributed by atoms with Gasteiger partial charge in [-0.05, 0) is 24.5 Å². The highest BCUT2D eigenvalue weighted by atomic mass is 35.5. The quantitative estimate of drug-likeness (QED) is 0.743. The van der Waals surface area contributed by atoms with E-state index in [1.54, 1.807) is 0 Å². The topological polar surface area (TPSA) is 78.5 Å². The van der Waals surface area contributed by atoms with Crippen molar-refractivity contribution in [1.82, 2.24) is 15.5 Å². The first-order valence-electron chi connectivity index (χ1n) is 7.16. The third-order valence-electron chi connectivity index (χ3n) is 3.40. The second kappa shape index (κ2) is 7.79. The SMILES string of the molecule is O=C(CCCN1C(=O)CNC1=O)NCCc1ccccc1Cl. The zero-order chi connectivity index (χ0) is 15.9. The molecule has 118 valence electrons. The number of hydrogen-bond donors (Lipinski definition) is 2. The van der Waals surface area contributed by atoms with E-state index < -0.39 is 0 Å². The number of carbonyl (C=O) groups is 3. The van der Waals surface area contributed by atoms with Gasteiger partial charge in [0.15, 0.2) is 0 Å². The van der Waals surface area contributed by atoms with Gasteiger partial charge in [0.25, 0.3) is 0 Å². The van der Waals surface area contributed by atoms with Crippen molar-refractivity contribution in [1.29, 1.82) is 0 Å². The number of nitrogens with zero attached hydrogens (tertiary/aromatic N) is 1. The van der Waals surface area contributed by atoms with Gasteiger partial charge >= 0.3 is 6.03 Å². The maximum atomic E-state index is 11.7. The number of amides is 4. The molecule has 2 rings (SSSR count). The summed E-state index contributed by atoms with van der Waals surface area (Å²) in [7, 11) is 0. The Hall–Kier alpha value is -2.08. The maximum Gasteiger partial charge on any atom is 0.324 e. The van der Waals surface area contributed by atoms with E-state index in [9.17, 15) is 14.4 Å². The Morgan fingerprint density at radius 2 is 2.09 bits per heavy atom. The third-order valence-corrected chi connectivity index (χ3v) is 3.77. The van der Waals surface area contributed by atoms with E-state index in [-0.39, 0.29) is 37.4 Å². The van der Waals surface area contributed by atoms with Gasteiger partial charge in [-0.3, -0.25) is 14.5 Å². The summed E-state index contributed by atoms with van der Waals surface area (Å²) in [6, 6.07) is 7.12. The third kappa shape index (κ3) is 4.46. The summed E-state index contributed by atoms with van der Waals surface area (Å²) in [5.74, 6) is -0.344. The minimum Gasteiger partial charge on any atom is -0.356 e. The Morgan fingerprint density at radius 3 is 2.77 bits per heavy atom. The zero-order valence-electron chi connectivity index (χ0n) is 12.1. The number of carbonyl (C=O) groups excluding carboxylic acids is 3. The first-order valence-corrected chi connectivity index (χ1v) is 7.54. The van der Waals surface area contributed by atoms with E-state index in [0.717, 1.165) is 10.5 Å². The highest BCUT2D eigenvalue weighted by Gasteiger charge is 2.27. The second-order valence-electron chi connectivity index (χ2n) is 5.00. The first-order chi connectivity index (χ1) is 10.6. The Balaban J connectivity index is 1.63. The maximum absolute atomic E-state index is 11.7. The molecule has 22 heavy (non-hydrogen) atoms. The van der Waals surface area contributed by atoms with Crippen molar-refractivity contribution in [2.75, 3.05) is 19.6 Å². The van der Waals surface area contributed by atoms with Crippen molar-refractivity contribution in [2.24, 2.45) is 0 Å². The van der Waals surface area contributed by atoms with Crippen molar-refractivity contribution in [3.05, 3.63) is 34.9 Å². The molecule has 4 amide bonds. The molecular formula is C15H18ClN3O3. The first kappa shape index (κ1) is 16.3. The minimum absolute atomic E-state index is 0.0445. The molecule has 0 atom stereocenters. The van der Waals surface area contributed by atoms with Crippen LogP contribution >= 0.6 is 11.6 Å². The van der Waals surface area contributed by atoms with Gasteiger partial charge in [-0.25, -0.2) is 4.79 Å². The van der Waals surface area contributed by atoms with Crippen LogP contribution in [0.1, 0.15) is 18.4 Å². The summed E-state index contributed by atoms with van der Waals surface area (Å²) in [6.45, 7) is 0.817. The van der Waals surface area contributed by atoms with Gasteiger partial charge < -0.3 is 10.6 Å². The monoisotopic (exact) mass is 323 g/mol. The standard InChI is InChI=1S/C15H18ClN3O3/c16-12-5-2-1-4-11(12)7-8-17-13(20)6-3-9-19-14(21)10-18-15(19)22/h1-2,4-5H,3,6-10H2,(H,17,20)(H,18,22). The predicted molar refractivity (Wildman–Crippen MR) is 82.5 cm³/mol. The summed E-state index contributed by atoms with van der Waals surface area (Å²) >= 11 is 6.04. The van der Waals surface area contributed by atoms with Crippen LogP contribution < -0.4 is 10.6 Å². The molecule has 0 aliphatic carbocycles. The van der Waals surface area contributed by atoms with Gasteiger partial charge in [0.1, 0.15) is 0 Å². The van der Waals surface area contributed by atoms with E-state index in [4.69, 9.17) is 11.6 Å². The van der Waals surface area contributed by atoms with Crippen molar-refractivity contribution in [3.8, 4) is 0 Å². The van der Waals surface area contributed by atoms with Gasteiger partial charge in [0.2, 0.25) is 11.8 Å². The molecule has 0 bridgehead atoms. The van der Waals surface area contributed by atoms with Crippen molar-refractivity contribution in [3.63, 3.8) is 0 Å². The molecule has 0 saturated carbocycles. The van der Waals surface area contributed by atoms with Crippen LogP contribution in [0, 0.1) is 0 Å². The van der Waals surface area contributed by atoms with Crippen LogP contribution in [-0.2, 0) is 16.0 Å². The van der Waals surface area contributed by atoms with E-state index in [1.807, 2.05) is 24.3 Å². The van der Waals surface area contributed by atoms with Gasteiger partial charge in [0.05, 0.1) is 6.54 Å². The van der Waals surface area contributed by atoms with Crippen LogP contribution in [-0.4, -0.2) is 42.4 Å². The molecule has 2 N–H and O–H groups in total. The molecule has 1 aromatic rings. The molecule has 7 heteroatoms. The molecule has 1 heterocycles. The van der Waals surface area contributed by atoms with E-state index >= 15 is 0 Å². The average molecular weight is 324 g/mol. The van der Waals surface area contributed by atoms with Crippen molar-refractivity contribution < 1.29 is 14.4 Å². The fourth-order valence-corrected chi connectivity index (χ4v) is 2.44. The van der Waals surface area contributed by atoms with Gasteiger partial charge in [-0.2, -0.15) is 0 Å².